The molecule has 1 atom stereocenters. The molecule has 5 heteroatoms. The summed E-state index contributed by atoms with van der Waals surface area (Å²) in [5.41, 5.74) is 1.05. The van der Waals surface area contributed by atoms with Gasteiger partial charge in [0.1, 0.15) is 0 Å². The molecule has 20 heavy (non-hydrogen) atoms. The fourth-order valence-corrected chi connectivity index (χ4v) is 3.50. The highest BCUT2D eigenvalue weighted by molar-refractivity contribution is 7.12. The number of benzene rings is 1. The van der Waals surface area contributed by atoms with Gasteiger partial charge in [0.25, 0.3) is 0 Å². The van der Waals surface area contributed by atoms with Gasteiger partial charge in [-0.05, 0) is 43.8 Å². The first-order chi connectivity index (χ1) is 9.60. The average Bonchev–Trinajstić information content (AvgIpc) is 2.85. The topological polar surface area (TPSA) is 30.5 Å². The van der Waals surface area contributed by atoms with Crippen molar-refractivity contribution in [3.63, 3.8) is 0 Å². The molecule has 1 N–H and O–H groups in total. The van der Waals surface area contributed by atoms with E-state index in [4.69, 9.17) is 21.1 Å². The number of hydrogen-bond donors (Lipinski definition) is 1. The summed E-state index contributed by atoms with van der Waals surface area (Å²) in [6.45, 7) is 2.10. The number of aryl methyl sites for hydroxylation is 1. The van der Waals surface area contributed by atoms with Crippen LogP contribution in [0.3, 0.4) is 0 Å². The van der Waals surface area contributed by atoms with Crippen molar-refractivity contribution in [1.82, 2.24) is 5.32 Å². The molecule has 0 aliphatic rings. The summed E-state index contributed by atoms with van der Waals surface area (Å²) in [7, 11) is 5.13. The Kier molecular flexibility index (Phi) is 4.91. The van der Waals surface area contributed by atoms with Crippen molar-refractivity contribution in [1.29, 1.82) is 0 Å². The third-order valence-electron chi connectivity index (χ3n) is 3.12. The van der Waals surface area contributed by atoms with Gasteiger partial charge in [-0.2, -0.15) is 0 Å². The van der Waals surface area contributed by atoms with E-state index < -0.39 is 0 Å². The van der Waals surface area contributed by atoms with Crippen molar-refractivity contribution in [3.05, 3.63) is 44.6 Å². The fraction of sp³-hybridized carbons (Fsp3) is 0.333. The largest absolute Gasteiger partial charge is 0.493 e. The minimum Gasteiger partial charge on any atom is -0.493 e. The highest BCUT2D eigenvalue weighted by Crippen LogP contribution is 2.39. The molecule has 2 aromatic rings. The molecule has 108 valence electrons. The molecule has 1 unspecified atom stereocenters. The van der Waals surface area contributed by atoms with E-state index in [1.165, 1.54) is 9.75 Å². The Hall–Kier alpha value is -1.23. The van der Waals surface area contributed by atoms with Gasteiger partial charge in [-0.3, -0.25) is 0 Å². The minimum atomic E-state index is 0.0889. The summed E-state index contributed by atoms with van der Waals surface area (Å²) < 4.78 is 10.6. The normalized spacial score (nSPS) is 12.2. The Morgan fingerprint density at radius 3 is 2.45 bits per heavy atom. The lowest BCUT2D eigenvalue weighted by atomic mass is 10.0. The van der Waals surface area contributed by atoms with E-state index in [0.29, 0.717) is 16.5 Å². The number of thiophene rings is 1. The highest BCUT2D eigenvalue weighted by Gasteiger charge is 2.18. The SMILES string of the molecule is CNC(c1cc(Cl)c(OC)c(OC)c1)c1ccc(C)s1. The zero-order valence-electron chi connectivity index (χ0n) is 12.0. The highest BCUT2D eigenvalue weighted by atomic mass is 35.5. The third-order valence-corrected chi connectivity index (χ3v) is 4.47. The molecule has 3 nitrogen and oxygen atoms in total. The van der Waals surface area contributed by atoms with Crippen LogP contribution in [0.15, 0.2) is 24.3 Å². The quantitative estimate of drug-likeness (QED) is 0.904. The molecule has 0 aliphatic heterocycles. The van der Waals surface area contributed by atoms with Crippen molar-refractivity contribution >= 4 is 22.9 Å². The van der Waals surface area contributed by atoms with Crippen LogP contribution in [0.2, 0.25) is 5.02 Å². The molecule has 0 saturated heterocycles. The van der Waals surface area contributed by atoms with Crippen LogP contribution < -0.4 is 14.8 Å². The second-order valence-corrected chi connectivity index (χ2v) is 6.14. The van der Waals surface area contributed by atoms with E-state index in [-0.39, 0.29) is 6.04 Å². The van der Waals surface area contributed by atoms with Gasteiger partial charge in [-0.15, -0.1) is 11.3 Å². The molecule has 1 aromatic carbocycles. The maximum absolute atomic E-state index is 6.28. The lowest BCUT2D eigenvalue weighted by Crippen LogP contribution is -2.16. The predicted octanol–water partition coefficient (Wildman–Crippen LogP) is 4.04. The number of ether oxygens (including phenoxy) is 2. The van der Waals surface area contributed by atoms with Gasteiger partial charge >= 0.3 is 0 Å². The molecule has 2 rings (SSSR count). The molecular formula is C15H18ClNO2S. The van der Waals surface area contributed by atoms with Gasteiger partial charge in [-0.25, -0.2) is 0 Å². The smallest absolute Gasteiger partial charge is 0.179 e. The van der Waals surface area contributed by atoms with Crippen LogP contribution in [-0.4, -0.2) is 21.3 Å². The number of hydrogen-bond acceptors (Lipinski definition) is 4. The second-order valence-electron chi connectivity index (χ2n) is 4.41. The molecule has 0 aliphatic carbocycles. The Morgan fingerprint density at radius 1 is 1.20 bits per heavy atom. The summed E-state index contributed by atoms with van der Waals surface area (Å²) in [6, 6.07) is 8.21. The molecular weight excluding hydrogens is 294 g/mol. The van der Waals surface area contributed by atoms with Gasteiger partial charge in [0.15, 0.2) is 11.5 Å². The fourth-order valence-electron chi connectivity index (χ4n) is 2.19. The zero-order chi connectivity index (χ0) is 14.7. The Morgan fingerprint density at radius 2 is 1.95 bits per heavy atom. The molecule has 0 amide bonds. The lowest BCUT2D eigenvalue weighted by molar-refractivity contribution is 0.354. The molecule has 0 saturated carbocycles. The Bertz CT molecular complexity index is 598. The van der Waals surface area contributed by atoms with Crippen molar-refractivity contribution in [2.75, 3.05) is 21.3 Å². The molecule has 0 radical (unpaired) electrons. The number of methoxy groups -OCH3 is 2. The van der Waals surface area contributed by atoms with Crippen LogP contribution in [0.1, 0.15) is 21.4 Å². The summed E-state index contributed by atoms with van der Waals surface area (Å²) in [5, 5.41) is 3.87. The van der Waals surface area contributed by atoms with Crippen molar-refractivity contribution in [2.24, 2.45) is 0 Å². The van der Waals surface area contributed by atoms with Gasteiger partial charge < -0.3 is 14.8 Å². The molecule has 0 fully saturated rings. The summed E-state index contributed by atoms with van der Waals surface area (Å²) in [5.74, 6) is 1.21. The lowest BCUT2D eigenvalue weighted by Gasteiger charge is -2.18. The number of halogens is 1. The van der Waals surface area contributed by atoms with Gasteiger partial charge in [0, 0.05) is 9.75 Å². The predicted molar refractivity (Wildman–Crippen MR) is 84.5 cm³/mol. The van der Waals surface area contributed by atoms with E-state index in [9.17, 15) is 0 Å². The summed E-state index contributed by atoms with van der Waals surface area (Å²) >= 11 is 8.04. The number of rotatable bonds is 5. The second kappa shape index (κ2) is 6.48. The molecule has 0 bridgehead atoms. The van der Waals surface area contributed by atoms with Crippen molar-refractivity contribution in [3.8, 4) is 11.5 Å². The zero-order valence-corrected chi connectivity index (χ0v) is 13.6. The first-order valence-electron chi connectivity index (χ1n) is 6.25. The first-order valence-corrected chi connectivity index (χ1v) is 7.45. The maximum Gasteiger partial charge on any atom is 0.179 e. The van der Waals surface area contributed by atoms with Gasteiger partial charge in [0.2, 0.25) is 0 Å². The van der Waals surface area contributed by atoms with E-state index in [0.717, 1.165) is 5.56 Å². The van der Waals surface area contributed by atoms with E-state index in [2.05, 4.69) is 24.4 Å². The van der Waals surface area contributed by atoms with Crippen molar-refractivity contribution in [2.45, 2.75) is 13.0 Å². The van der Waals surface area contributed by atoms with E-state index in [1.54, 1.807) is 25.6 Å². The van der Waals surface area contributed by atoms with E-state index >= 15 is 0 Å². The third kappa shape index (κ3) is 2.92. The van der Waals surface area contributed by atoms with Gasteiger partial charge in [0.05, 0.1) is 25.3 Å². The van der Waals surface area contributed by atoms with Crippen LogP contribution in [0.4, 0.5) is 0 Å². The van der Waals surface area contributed by atoms with Crippen LogP contribution in [0, 0.1) is 6.92 Å². The standard InChI is InChI=1S/C15H18ClNO2S/c1-9-5-6-13(20-9)14(17-2)10-7-11(16)15(19-4)12(8-10)18-3/h5-8,14,17H,1-4H3. The maximum atomic E-state index is 6.28. The Labute approximate surface area is 128 Å². The van der Waals surface area contributed by atoms with E-state index in [1.807, 2.05) is 19.2 Å². The first kappa shape index (κ1) is 15.2. The number of nitrogens with one attached hydrogen (secondary N) is 1. The van der Waals surface area contributed by atoms with Crippen LogP contribution >= 0.6 is 22.9 Å². The van der Waals surface area contributed by atoms with Gasteiger partial charge in [-0.1, -0.05) is 11.6 Å². The minimum absolute atomic E-state index is 0.0889. The summed E-state index contributed by atoms with van der Waals surface area (Å²) in [6.07, 6.45) is 0. The average molecular weight is 312 g/mol. The monoisotopic (exact) mass is 311 g/mol. The van der Waals surface area contributed by atoms with Crippen molar-refractivity contribution < 1.29 is 9.47 Å². The molecule has 1 heterocycles. The molecule has 0 spiro atoms. The Balaban J connectivity index is 2.47. The van der Waals surface area contributed by atoms with Crippen LogP contribution in [0.25, 0.3) is 0 Å². The van der Waals surface area contributed by atoms with Crippen LogP contribution in [0.5, 0.6) is 11.5 Å². The van der Waals surface area contributed by atoms with Crippen LogP contribution in [-0.2, 0) is 0 Å². The summed E-state index contributed by atoms with van der Waals surface area (Å²) in [4.78, 5) is 2.53. The molecule has 1 aromatic heterocycles.